The van der Waals surface area contributed by atoms with Crippen LogP contribution in [0.1, 0.15) is 40.0 Å². The number of aliphatic hydroxyl groups is 1. The van der Waals surface area contributed by atoms with Gasteiger partial charge in [-0.25, -0.2) is 0 Å². The van der Waals surface area contributed by atoms with Crippen molar-refractivity contribution in [3.8, 4) is 0 Å². The lowest BCUT2D eigenvalue weighted by Crippen LogP contribution is -2.59. The molecular formula is C24H34N2O6. The van der Waals surface area contributed by atoms with E-state index in [1.54, 1.807) is 17.1 Å². The summed E-state index contributed by atoms with van der Waals surface area (Å²) in [6, 6.07) is -1.46. The highest BCUT2D eigenvalue weighted by Crippen LogP contribution is 2.54. The van der Waals surface area contributed by atoms with Crippen LogP contribution in [0, 0.1) is 17.8 Å². The third kappa shape index (κ3) is 3.39. The molecule has 4 aliphatic rings. The van der Waals surface area contributed by atoms with Crippen LogP contribution in [0.5, 0.6) is 0 Å². The number of unbranched alkanes of at least 4 members (excludes halogenated alkanes) is 1. The van der Waals surface area contributed by atoms with Gasteiger partial charge in [-0.15, -0.1) is 0 Å². The first-order valence-electron chi connectivity index (χ1n) is 11.8. The van der Waals surface area contributed by atoms with Gasteiger partial charge in [0.25, 0.3) is 0 Å². The molecule has 176 valence electrons. The number of carbonyl (C=O) groups excluding carboxylic acids is 3. The van der Waals surface area contributed by atoms with Gasteiger partial charge in [-0.2, -0.15) is 0 Å². The van der Waals surface area contributed by atoms with Crippen LogP contribution < -0.4 is 0 Å². The lowest BCUT2D eigenvalue weighted by Gasteiger charge is -2.40. The standard InChI is InChI=1S/C24H34N2O6/c1-4-6-11-25-12-8-10-24-19(18-17(32-24)9-7-13-31-23(18)30)21(28)26(20(24)22(25)29)16(14-27)15(3)5-2/h7-10,15-20,27H,4-6,11-14H2,1-3H3/t15-,16-,17-,18+,19-,20?,24-/m0/s1. The molecule has 2 saturated heterocycles. The number of rotatable bonds is 7. The number of hydrogen-bond donors (Lipinski definition) is 1. The maximum absolute atomic E-state index is 14.0. The Kier molecular flexibility index (Phi) is 6.45. The van der Waals surface area contributed by atoms with Crippen molar-refractivity contribution in [2.75, 3.05) is 26.3 Å². The van der Waals surface area contributed by atoms with Crippen LogP contribution in [-0.4, -0.2) is 82.8 Å². The van der Waals surface area contributed by atoms with Gasteiger partial charge >= 0.3 is 5.97 Å². The lowest BCUT2D eigenvalue weighted by molar-refractivity contribution is -0.155. The average Bonchev–Trinajstić information content (AvgIpc) is 3.09. The Hall–Kier alpha value is -2.19. The van der Waals surface area contributed by atoms with Gasteiger partial charge in [0.1, 0.15) is 24.2 Å². The van der Waals surface area contributed by atoms with Crippen LogP contribution in [-0.2, 0) is 23.9 Å². The second kappa shape index (κ2) is 8.98. The number of aliphatic hydroxyl groups excluding tert-OH is 1. The van der Waals surface area contributed by atoms with Crippen LogP contribution in [0.25, 0.3) is 0 Å². The predicted octanol–water partition coefficient (Wildman–Crippen LogP) is 1.29. The Morgan fingerprint density at radius 3 is 2.69 bits per heavy atom. The zero-order valence-corrected chi connectivity index (χ0v) is 19.1. The van der Waals surface area contributed by atoms with Crippen molar-refractivity contribution in [3.63, 3.8) is 0 Å². The zero-order valence-electron chi connectivity index (χ0n) is 19.1. The number of cyclic esters (lactones) is 1. The molecule has 8 nitrogen and oxygen atoms in total. The van der Waals surface area contributed by atoms with Gasteiger partial charge in [0.2, 0.25) is 11.8 Å². The van der Waals surface area contributed by atoms with E-state index in [2.05, 4.69) is 6.92 Å². The molecule has 4 heterocycles. The van der Waals surface area contributed by atoms with Gasteiger partial charge in [0.15, 0.2) is 0 Å². The fraction of sp³-hybridized carbons (Fsp3) is 0.708. The Bertz CT molecular complexity index is 825. The highest BCUT2D eigenvalue weighted by molar-refractivity contribution is 5.99. The van der Waals surface area contributed by atoms with Crippen LogP contribution >= 0.6 is 0 Å². The zero-order chi connectivity index (χ0) is 23.0. The van der Waals surface area contributed by atoms with E-state index in [4.69, 9.17) is 9.47 Å². The summed E-state index contributed by atoms with van der Waals surface area (Å²) in [6.45, 7) is 6.92. The molecule has 0 aliphatic carbocycles. The molecule has 2 fully saturated rings. The summed E-state index contributed by atoms with van der Waals surface area (Å²) in [5.41, 5.74) is -1.26. The van der Waals surface area contributed by atoms with Crippen LogP contribution in [0.2, 0.25) is 0 Å². The number of carbonyl (C=O) groups is 3. The molecule has 4 aliphatic heterocycles. The summed E-state index contributed by atoms with van der Waals surface area (Å²) in [5, 5.41) is 10.3. The number of hydrogen-bond acceptors (Lipinski definition) is 6. The summed E-state index contributed by atoms with van der Waals surface area (Å²) in [5.74, 6) is -2.69. The smallest absolute Gasteiger partial charge is 0.313 e. The summed E-state index contributed by atoms with van der Waals surface area (Å²) < 4.78 is 11.8. The van der Waals surface area contributed by atoms with Gasteiger partial charge in [0.05, 0.1) is 24.7 Å². The molecule has 8 heteroatoms. The van der Waals surface area contributed by atoms with Gasteiger partial charge in [0, 0.05) is 13.1 Å². The fourth-order valence-corrected chi connectivity index (χ4v) is 5.68. The Morgan fingerprint density at radius 2 is 2.00 bits per heavy atom. The van der Waals surface area contributed by atoms with E-state index in [1.165, 1.54) is 4.90 Å². The molecule has 2 amide bonds. The maximum atomic E-state index is 14.0. The normalized spacial score (nSPS) is 35.7. The second-order valence-corrected chi connectivity index (χ2v) is 9.32. The summed E-state index contributed by atoms with van der Waals surface area (Å²) in [7, 11) is 0. The van der Waals surface area contributed by atoms with Crippen LogP contribution in [0.3, 0.4) is 0 Å². The van der Waals surface area contributed by atoms with E-state index in [9.17, 15) is 19.5 Å². The highest BCUT2D eigenvalue weighted by atomic mass is 16.6. The minimum atomic E-state index is -1.26. The molecule has 1 spiro atoms. The predicted molar refractivity (Wildman–Crippen MR) is 116 cm³/mol. The number of likely N-dealkylation sites (tertiary alicyclic amines) is 1. The van der Waals surface area contributed by atoms with Gasteiger partial charge < -0.3 is 24.4 Å². The van der Waals surface area contributed by atoms with E-state index >= 15 is 0 Å². The van der Waals surface area contributed by atoms with Gasteiger partial charge in [-0.3, -0.25) is 14.4 Å². The second-order valence-electron chi connectivity index (χ2n) is 9.32. The highest BCUT2D eigenvalue weighted by Gasteiger charge is 2.72. The van der Waals surface area contributed by atoms with Crippen molar-refractivity contribution < 1.29 is 29.0 Å². The van der Waals surface area contributed by atoms with Crippen molar-refractivity contribution in [2.24, 2.45) is 17.8 Å². The Balaban J connectivity index is 1.84. The first kappa shape index (κ1) is 23.0. The summed E-state index contributed by atoms with van der Waals surface area (Å²) in [6.07, 6.45) is 9.11. The Morgan fingerprint density at radius 1 is 1.22 bits per heavy atom. The van der Waals surface area contributed by atoms with Crippen LogP contribution in [0.15, 0.2) is 24.3 Å². The third-order valence-corrected chi connectivity index (χ3v) is 7.56. The monoisotopic (exact) mass is 446 g/mol. The molecule has 32 heavy (non-hydrogen) atoms. The Labute approximate surface area is 189 Å². The maximum Gasteiger partial charge on any atom is 0.313 e. The molecule has 4 rings (SSSR count). The SMILES string of the molecule is CCCCN1CC=C[C@]23O[C@H]4C=CCOC(=O)[C@H]4[C@H]2C(=O)N([C@@H](CO)[C@@H](C)CC)C3C1=O. The molecular weight excluding hydrogens is 412 g/mol. The minimum absolute atomic E-state index is 0.0271. The van der Waals surface area contributed by atoms with Gasteiger partial charge in [-0.05, 0) is 18.4 Å². The molecule has 0 bridgehead atoms. The van der Waals surface area contributed by atoms with Crippen LogP contribution in [0.4, 0.5) is 0 Å². The van der Waals surface area contributed by atoms with Crippen molar-refractivity contribution in [1.82, 2.24) is 9.80 Å². The van der Waals surface area contributed by atoms with Crippen molar-refractivity contribution in [3.05, 3.63) is 24.3 Å². The molecule has 7 atom stereocenters. The topological polar surface area (TPSA) is 96.4 Å². The van der Waals surface area contributed by atoms with Crippen molar-refractivity contribution in [2.45, 2.75) is 63.8 Å². The first-order valence-corrected chi connectivity index (χ1v) is 11.8. The molecule has 1 unspecified atom stereocenters. The molecule has 0 aromatic rings. The van der Waals surface area contributed by atoms with E-state index < -0.39 is 41.6 Å². The number of amides is 2. The van der Waals surface area contributed by atoms with E-state index in [0.717, 1.165) is 19.3 Å². The molecule has 0 aromatic heterocycles. The third-order valence-electron chi connectivity index (χ3n) is 7.56. The number of esters is 1. The molecule has 0 saturated carbocycles. The lowest BCUT2D eigenvalue weighted by atomic mass is 9.78. The molecule has 0 aromatic carbocycles. The van der Waals surface area contributed by atoms with E-state index in [-0.39, 0.29) is 30.9 Å². The number of fused-ring (bicyclic) bond motifs is 2. The summed E-state index contributed by atoms with van der Waals surface area (Å²) >= 11 is 0. The van der Waals surface area contributed by atoms with E-state index in [0.29, 0.717) is 13.1 Å². The largest absolute Gasteiger partial charge is 0.461 e. The number of ether oxygens (including phenoxy) is 2. The van der Waals surface area contributed by atoms with E-state index in [1.807, 2.05) is 26.0 Å². The minimum Gasteiger partial charge on any atom is -0.461 e. The first-order chi connectivity index (χ1) is 15.4. The quantitative estimate of drug-likeness (QED) is 0.468. The summed E-state index contributed by atoms with van der Waals surface area (Å²) in [4.78, 5) is 44.0. The van der Waals surface area contributed by atoms with Crippen molar-refractivity contribution >= 4 is 17.8 Å². The fourth-order valence-electron chi connectivity index (χ4n) is 5.68. The number of nitrogens with zero attached hydrogens (tertiary/aromatic N) is 2. The molecule has 1 N–H and O–H groups in total. The van der Waals surface area contributed by atoms with Gasteiger partial charge in [-0.1, -0.05) is 51.8 Å². The molecule has 0 radical (unpaired) electrons. The average molecular weight is 447 g/mol. The van der Waals surface area contributed by atoms with Crippen molar-refractivity contribution in [1.29, 1.82) is 0 Å².